The number of esters is 8. The van der Waals surface area contributed by atoms with Crippen LogP contribution in [-0.2, 0) is 113 Å². The van der Waals surface area contributed by atoms with Crippen molar-refractivity contribution in [2.45, 2.75) is 48.8 Å². The fraction of sp³-hybridized carbons (Fsp3) is 0.667. The highest BCUT2D eigenvalue weighted by molar-refractivity contribution is 7.11. The molecule has 0 saturated carbocycles. The summed E-state index contributed by atoms with van der Waals surface area (Å²) < 4.78 is 78.8. The van der Waals surface area contributed by atoms with Gasteiger partial charge in [0.15, 0.2) is 48.8 Å². The van der Waals surface area contributed by atoms with Crippen LogP contribution in [0.25, 0.3) is 0 Å². The van der Waals surface area contributed by atoms with E-state index in [0.29, 0.717) is 0 Å². The molecule has 0 spiro atoms. The summed E-state index contributed by atoms with van der Waals surface area (Å²) in [7, 11) is 3.05. The maximum absolute atomic E-state index is 11.8. The van der Waals surface area contributed by atoms with Crippen LogP contribution in [0, 0.1) is 0 Å². The van der Waals surface area contributed by atoms with E-state index in [1.54, 1.807) is 0 Å². The summed E-state index contributed by atoms with van der Waals surface area (Å²) in [5, 5.41) is 0. The van der Waals surface area contributed by atoms with Gasteiger partial charge in [0.05, 0.1) is 56.9 Å². The minimum atomic E-state index is -1.45. The topological polar surface area (TPSA) is 284 Å². The highest BCUT2D eigenvalue weighted by Gasteiger charge is 2.63. The Morgan fingerprint density at radius 1 is 0.269 bits per heavy atom. The van der Waals surface area contributed by atoms with Gasteiger partial charge in [-0.1, -0.05) is 0 Å². The summed E-state index contributed by atoms with van der Waals surface area (Å²) in [5.74, 6) is -7.15. The second-order valence-corrected chi connectivity index (χ2v) is 10.1. The first kappa shape index (κ1) is 42.1. The molecular weight excluding hydrogens is 715 g/mol. The van der Waals surface area contributed by atoms with Crippen molar-refractivity contribution in [2.75, 3.05) is 56.9 Å². The van der Waals surface area contributed by atoms with Gasteiger partial charge in [-0.2, -0.15) is 0 Å². The normalized spacial score (nSPS) is 27.8. The largest absolute Gasteiger partial charge is 0.489 e. The molecule has 4 rings (SSSR count). The SMILES string of the molecule is COC(=O)[C@@H]1OB(B2O[C@@H](C(=O)OC)[C@H](C(=O)OC)O2)O[C@H]1C(=O)OC.COC(=O)[C@@H]1OB(B2O[C@@H](C(=O)OC)[C@H](C(=O)OC)O2)O[C@H]1C(=O)OC. The fourth-order valence-electron chi connectivity index (χ4n) is 4.73. The van der Waals surface area contributed by atoms with E-state index in [0.717, 1.165) is 56.9 Å². The van der Waals surface area contributed by atoms with Crippen molar-refractivity contribution in [1.82, 2.24) is 0 Å². The second-order valence-electron chi connectivity index (χ2n) is 10.1. The molecule has 0 aromatic rings. The van der Waals surface area contributed by atoms with Gasteiger partial charge in [0.25, 0.3) is 0 Å². The summed E-state index contributed by atoms with van der Waals surface area (Å²) in [6.45, 7) is 0. The van der Waals surface area contributed by atoms with Gasteiger partial charge < -0.3 is 75.1 Å². The van der Waals surface area contributed by atoms with Crippen molar-refractivity contribution in [3.8, 4) is 0 Å². The maximum Gasteiger partial charge on any atom is 0.489 e. The van der Waals surface area contributed by atoms with Gasteiger partial charge in [0.2, 0.25) is 0 Å². The second kappa shape index (κ2) is 19.0. The number of hydrogen-bond acceptors (Lipinski definition) is 24. The Hall–Kier alpha value is -4.30. The van der Waals surface area contributed by atoms with E-state index in [9.17, 15) is 38.4 Å². The Morgan fingerprint density at radius 2 is 0.365 bits per heavy atom. The van der Waals surface area contributed by atoms with E-state index in [4.69, 9.17) is 37.2 Å². The van der Waals surface area contributed by atoms with Crippen molar-refractivity contribution < 1.29 is 113 Å². The minimum absolute atomic E-state index is 0.894. The predicted molar refractivity (Wildman–Crippen MR) is 158 cm³/mol. The van der Waals surface area contributed by atoms with Crippen LogP contribution < -0.4 is 0 Å². The highest BCUT2D eigenvalue weighted by Crippen LogP contribution is 2.29. The van der Waals surface area contributed by atoms with Gasteiger partial charge in [0, 0.05) is 0 Å². The molecule has 28 heteroatoms. The molecule has 4 saturated heterocycles. The lowest BCUT2D eigenvalue weighted by atomic mass is 9.49. The molecule has 4 fully saturated rings. The van der Waals surface area contributed by atoms with Gasteiger partial charge in [-0.05, 0) is 0 Å². The number of carbonyl (C=O) groups is 8. The first-order valence-electron chi connectivity index (χ1n) is 14.6. The van der Waals surface area contributed by atoms with E-state index in [1.165, 1.54) is 0 Å². The smallest absolute Gasteiger partial charge is 0.467 e. The van der Waals surface area contributed by atoms with Gasteiger partial charge in [-0.15, -0.1) is 0 Å². The van der Waals surface area contributed by atoms with Crippen molar-refractivity contribution in [3.63, 3.8) is 0 Å². The van der Waals surface area contributed by atoms with Crippen LogP contribution in [-0.4, -0.2) is 182 Å². The average Bonchev–Trinajstić information content (AvgIpc) is 3.99. The van der Waals surface area contributed by atoms with Crippen LogP contribution in [0.15, 0.2) is 0 Å². The molecule has 0 unspecified atom stereocenters. The fourth-order valence-corrected chi connectivity index (χ4v) is 4.73. The standard InChI is InChI=1S/2C12H16B2O12/c2*1-19-9(15)5-6(10(16)20-2)24-13(23-5)14-25-7(11(17)21-3)8(26-14)12(18)22-4/h2*5-8H,1-4H3/t2*5-,6-,7-,8-/m11/s1. The molecule has 52 heavy (non-hydrogen) atoms. The van der Waals surface area contributed by atoms with E-state index >= 15 is 0 Å². The molecule has 284 valence electrons. The predicted octanol–water partition coefficient (Wildman–Crippen LogP) is -5.40. The van der Waals surface area contributed by atoms with Crippen molar-refractivity contribution in [1.29, 1.82) is 0 Å². The molecule has 0 aromatic heterocycles. The number of methoxy groups -OCH3 is 8. The number of ether oxygens (including phenoxy) is 8. The quantitative estimate of drug-likeness (QED) is 0.114. The van der Waals surface area contributed by atoms with Gasteiger partial charge in [-0.25, -0.2) is 38.4 Å². The number of carbonyl (C=O) groups excluding carboxylic acids is 8. The van der Waals surface area contributed by atoms with Crippen LogP contribution in [0.2, 0.25) is 0 Å². The number of rotatable bonds is 10. The molecule has 24 nitrogen and oxygen atoms in total. The summed E-state index contributed by atoms with van der Waals surface area (Å²) in [5.41, 5.74) is 0. The van der Waals surface area contributed by atoms with Crippen molar-refractivity contribution in [2.24, 2.45) is 0 Å². The van der Waals surface area contributed by atoms with Crippen LogP contribution in [0.5, 0.6) is 0 Å². The summed E-state index contributed by atoms with van der Waals surface area (Å²) >= 11 is 0. The van der Waals surface area contributed by atoms with Gasteiger partial charge in [-0.3, -0.25) is 0 Å². The lowest BCUT2D eigenvalue weighted by Crippen LogP contribution is -2.41. The Morgan fingerprint density at radius 3 is 0.442 bits per heavy atom. The first-order chi connectivity index (χ1) is 24.7. The van der Waals surface area contributed by atoms with E-state index in [-0.39, 0.29) is 0 Å². The van der Waals surface area contributed by atoms with E-state index < -0.39 is 125 Å². The molecule has 0 aliphatic carbocycles. The Labute approximate surface area is 295 Å². The Kier molecular flexibility index (Phi) is 15.4. The Bertz CT molecular complexity index is 1070. The molecule has 0 N–H and O–H groups in total. The number of hydrogen-bond donors (Lipinski definition) is 0. The average molecular weight is 748 g/mol. The summed E-state index contributed by atoms with van der Waals surface area (Å²) in [6.07, 6.45) is -11.6. The molecule has 0 bridgehead atoms. The van der Waals surface area contributed by atoms with Crippen molar-refractivity contribution >= 4 is 75.8 Å². The first-order valence-corrected chi connectivity index (χ1v) is 14.6. The van der Waals surface area contributed by atoms with Gasteiger partial charge in [0.1, 0.15) is 0 Å². The zero-order valence-electron chi connectivity index (χ0n) is 28.7. The third-order valence-corrected chi connectivity index (χ3v) is 7.26. The Balaban J connectivity index is 0.000000280. The third-order valence-electron chi connectivity index (χ3n) is 7.26. The van der Waals surface area contributed by atoms with Crippen LogP contribution in [0.4, 0.5) is 0 Å². The molecule has 0 radical (unpaired) electrons. The minimum Gasteiger partial charge on any atom is -0.467 e. The zero-order chi connectivity index (χ0) is 38.9. The third kappa shape index (κ3) is 9.19. The van der Waals surface area contributed by atoms with Crippen LogP contribution in [0.3, 0.4) is 0 Å². The molecule has 8 atom stereocenters. The molecule has 0 amide bonds. The van der Waals surface area contributed by atoms with E-state index in [1.807, 2.05) is 0 Å². The van der Waals surface area contributed by atoms with Gasteiger partial charge >= 0.3 is 75.8 Å². The zero-order valence-corrected chi connectivity index (χ0v) is 28.7. The summed E-state index contributed by atoms with van der Waals surface area (Å²) in [6, 6.07) is 0. The molecule has 0 aromatic carbocycles. The molecule has 4 aliphatic rings. The van der Waals surface area contributed by atoms with Crippen molar-refractivity contribution in [3.05, 3.63) is 0 Å². The molecule has 4 heterocycles. The van der Waals surface area contributed by atoms with Crippen LogP contribution >= 0.6 is 0 Å². The van der Waals surface area contributed by atoms with E-state index in [2.05, 4.69) is 37.9 Å². The molecular formula is C24H32B4O24. The lowest BCUT2D eigenvalue weighted by molar-refractivity contribution is -0.160. The summed E-state index contributed by atoms with van der Waals surface area (Å²) in [4.78, 5) is 94.2. The monoisotopic (exact) mass is 748 g/mol. The highest BCUT2D eigenvalue weighted by atomic mass is 16.7. The molecule has 4 aliphatic heterocycles. The maximum atomic E-state index is 11.8. The lowest BCUT2D eigenvalue weighted by Gasteiger charge is -2.13. The van der Waals surface area contributed by atoms with Crippen LogP contribution in [0.1, 0.15) is 0 Å².